The normalized spacial score (nSPS) is 28.4. The molecule has 4 nitrogen and oxygen atoms in total. The smallest absolute Gasteiger partial charge is 0.246 e. The maximum absolute atomic E-state index is 12.5. The Bertz CT molecular complexity index is 326. The van der Waals surface area contributed by atoms with Crippen molar-refractivity contribution < 1.29 is 9.59 Å². The van der Waals surface area contributed by atoms with Gasteiger partial charge in [-0.2, -0.15) is 0 Å². The van der Waals surface area contributed by atoms with Crippen molar-refractivity contribution in [2.75, 3.05) is 6.54 Å². The Labute approximate surface area is 109 Å². The number of nitrogens with zero attached hydrogens (tertiary/aromatic N) is 1. The van der Waals surface area contributed by atoms with Gasteiger partial charge in [0.15, 0.2) is 0 Å². The summed E-state index contributed by atoms with van der Waals surface area (Å²) in [6.45, 7) is 4.90. The first kappa shape index (κ1) is 13.4. The lowest BCUT2D eigenvalue weighted by Gasteiger charge is -2.39. The highest BCUT2D eigenvalue weighted by Gasteiger charge is 2.46. The topological polar surface area (TPSA) is 49.4 Å². The van der Waals surface area contributed by atoms with Crippen molar-refractivity contribution in [3.05, 3.63) is 0 Å². The molecule has 1 aliphatic heterocycles. The van der Waals surface area contributed by atoms with Gasteiger partial charge in [0.1, 0.15) is 12.1 Å². The quantitative estimate of drug-likeness (QED) is 0.782. The van der Waals surface area contributed by atoms with E-state index >= 15 is 0 Å². The zero-order valence-corrected chi connectivity index (χ0v) is 11.4. The number of amides is 2. The van der Waals surface area contributed by atoms with Gasteiger partial charge >= 0.3 is 0 Å². The minimum Gasteiger partial charge on any atom is -0.342 e. The molecule has 0 radical (unpaired) electrons. The average Bonchev–Trinajstić information content (AvgIpc) is 3.17. The minimum atomic E-state index is -0.234. The summed E-state index contributed by atoms with van der Waals surface area (Å²) in [6.07, 6.45) is 5.91. The number of carbonyl (C=O) groups excluding carboxylic acids is 2. The molecule has 1 heterocycles. The van der Waals surface area contributed by atoms with Crippen LogP contribution >= 0.6 is 0 Å². The predicted molar refractivity (Wildman–Crippen MR) is 70.0 cm³/mol. The fourth-order valence-corrected chi connectivity index (χ4v) is 2.69. The van der Waals surface area contributed by atoms with E-state index in [2.05, 4.69) is 19.2 Å². The third kappa shape index (κ3) is 2.68. The zero-order valence-electron chi connectivity index (χ0n) is 11.4. The molecule has 1 N–H and O–H groups in total. The van der Waals surface area contributed by atoms with E-state index in [9.17, 15) is 9.59 Å². The molecule has 0 aromatic rings. The Hall–Kier alpha value is -1.06. The molecule has 18 heavy (non-hydrogen) atoms. The van der Waals surface area contributed by atoms with Gasteiger partial charge in [0.05, 0.1) is 0 Å². The average molecular weight is 252 g/mol. The van der Waals surface area contributed by atoms with Gasteiger partial charge in [-0.25, -0.2) is 0 Å². The van der Waals surface area contributed by atoms with Crippen molar-refractivity contribution in [2.45, 2.75) is 64.5 Å². The second-order valence-electron chi connectivity index (χ2n) is 5.51. The summed E-state index contributed by atoms with van der Waals surface area (Å²) >= 11 is 0. The second-order valence-corrected chi connectivity index (χ2v) is 5.51. The predicted octanol–water partition coefficient (Wildman–Crippen LogP) is 1.69. The number of nitrogens with one attached hydrogen (secondary N) is 1. The fraction of sp³-hybridized carbons (Fsp3) is 0.857. The lowest BCUT2D eigenvalue weighted by molar-refractivity contribution is -0.150. The maximum atomic E-state index is 12.5. The number of hydrogen-bond donors (Lipinski definition) is 1. The van der Waals surface area contributed by atoms with E-state index < -0.39 is 0 Å². The van der Waals surface area contributed by atoms with E-state index in [1.54, 1.807) is 0 Å². The lowest BCUT2D eigenvalue weighted by atomic mass is 10.00. The van der Waals surface area contributed by atoms with Crippen LogP contribution in [0.2, 0.25) is 0 Å². The van der Waals surface area contributed by atoms with Crippen LogP contribution in [0.4, 0.5) is 0 Å². The highest BCUT2D eigenvalue weighted by atomic mass is 16.2. The second kappa shape index (κ2) is 5.72. The Balaban J connectivity index is 2.09. The molecular formula is C14H24N2O2. The summed E-state index contributed by atoms with van der Waals surface area (Å²) in [5.74, 6) is 0.613. The summed E-state index contributed by atoms with van der Waals surface area (Å²) in [7, 11) is 0. The summed E-state index contributed by atoms with van der Waals surface area (Å²) in [5.41, 5.74) is 0. The molecule has 2 atom stereocenters. The van der Waals surface area contributed by atoms with Gasteiger partial charge in [0, 0.05) is 6.54 Å². The SMILES string of the molecule is CCCCN1C(=O)C(C2CC2)NC(=O)C1CCC. The van der Waals surface area contributed by atoms with E-state index in [-0.39, 0.29) is 23.9 Å². The molecule has 4 heteroatoms. The van der Waals surface area contributed by atoms with Gasteiger partial charge in [-0.3, -0.25) is 9.59 Å². The molecule has 2 fully saturated rings. The van der Waals surface area contributed by atoms with Crippen LogP contribution in [0.15, 0.2) is 0 Å². The van der Waals surface area contributed by atoms with Gasteiger partial charge < -0.3 is 10.2 Å². The number of unbranched alkanes of at least 4 members (excludes halogenated alkanes) is 1. The van der Waals surface area contributed by atoms with E-state index in [0.29, 0.717) is 5.92 Å². The first-order valence-corrected chi connectivity index (χ1v) is 7.29. The van der Waals surface area contributed by atoms with Crippen LogP contribution in [0, 0.1) is 5.92 Å². The number of carbonyl (C=O) groups is 2. The van der Waals surface area contributed by atoms with Crippen LogP contribution in [0.1, 0.15) is 52.4 Å². The first-order chi connectivity index (χ1) is 8.69. The van der Waals surface area contributed by atoms with E-state index in [0.717, 1.165) is 45.1 Å². The molecular weight excluding hydrogens is 228 g/mol. The molecule has 0 aromatic heterocycles. The Kier molecular flexibility index (Phi) is 4.25. The van der Waals surface area contributed by atoms with Crippen molar-refractivity contribution in [3.8, 4) is 0 Å². The minimum absolute atomic E-state index is 0.0597. The number of piperazine rings is 1. The standard InChI is InChI=1S/C14H24N2O2/c1-3-5-9-16-11(6-4-2)13(17)15-12(14(16)18)10-7-8-10/h10-12H,3-9H2,1-2H3,(H,15,17). The van der Waals surface area contributed by atoms with Gasteiger partial charge in [-0.05, 0) is 31.6 Å². The van der Waals surface area contributed by atoms with Gasteiger partial charge in [-0.15, -0.1) is 0 Å². The fourth-order valence-electron chi connectivity index (χ4n) is 2.69. The molecule has 102 valence electrons. The van der Waals surface area contributed by atoms with Crippen LogP contribution in [-0.2, 0) is 9.59 Å². The van der Waals surface area contributed by atoms with Crippen molar-refractivity contribution in [1.29, 1.82) is 0 Å². The van der Waals surface area contributed by atoms with Crippen LogP contribution in [0.5, 0.6) is 0 Å². The summed E-state index contributed by atoms with van der Waals surface area (Å²) < 4.78 is 0. The summed E-state index contributed by atoms with van der Waals surface area (Å²) in [6, 6.07) is -0.466. The van der Waals surface area contributed by atoms with E-state index in [4.69, 9.17) is 0 Å². The highest BCUT2D eigenvalue weighted by molar-refractivity contribution is 5.97. The molecule has 2 amide bonds. The lowest BCUT2D eigenvalue weighted by Crippen LogP contribution is -2.64. The van der Waals surface area contributed by atoms with Crippen molar-refractivity contribution >= 4 is 11.8 Å². The third-order valence-electron chi connectivity index (χ3n) is 3.93. The summed E-state index contributed by atoms with van der Waals surface area (Å²) in [5, 5.41) is 2.94. The summed E-state index contributed by atoms with van der Waals surface area (Å²) in [4.78, 5) is 26.4. The monoisotopic (exact) mass is 252 g/mol. The molecule has 2 aliphatic rings. The molecule has 0 spiro atoms. The molecule has 0 bridgehead atoms. The van der Waals surface area contributed by atoms with Gasteiger partial charge in [0.25, 0.3) is 0 Å². The molecule has 1 aliphatic carbocycles. The molecule has 0 aromatic carbocycles. The highest BCUT2D eigenvalue weighted by Crippen LogP contribution is 2.35. The van der Waals surface area contributed by atoms with Crippen LogP contribution in [-0.4, -0.2) is 35.3 Å². The maximum Gasteiger partial charge on any atom is 0.246 e. The van der Waals surface area contributed by atoms with Crippen molar-refractivity contribution in [3.63, 3.8) is 0 Å². The van der Waals surface area contributed by atoms with Crippen molar-refractivity contribution in [1.82, 2.24) is 10.2 Å². The third-order valence-corrected chi connectivity index (χ3v) is 3.93. The Morgan fingerprint density at radius 2 is 1.94 bits per heavy atom. The Morgan fingerprint density at radius 1 is 1.22 bits per heavy atom. The van der Waals surface area contributed by atoms with E-state index in [1.165, 1.54) is 0 Å². The molecule has 1 saturated carbocycles. The molecule has 1 saturated heterocycles. The zero-order chi connectivity index (χ0) is 13.1. The Morgan fingerprint density at radius 3 is 2.50 bits per heavy atom. The number of hydrogen-bond acceptors (Lipinski definition) is 2. The largest absolute Gasteiger partial charge is 0.342 e. The first-order valence-electron chi connectivity index (χ1n) is 7.29. The van der Waals surface area contributed by atoms with Gasteiger partial charge in [-0.1, -0.05) is 26.7 Å². The van der Waals surface area contributed by atoms with Crippen LogP contribution in [0.25, 0.3) is 0 Å². The number of rotatable bonds is 6. The van der Waals surface area contributed by atoms with Crippen LogP contribution < -0.4 is 5.32 Å². The van der Waals surface area contributed by atoms with E-state index in [1.807, 2.05) is 4.90 Å². The molecule has 2 unspecified atom stereocenters. The van der Waals surface area contributed by atoms with Gasteiger partial charge in [0.2, 0.25) is 11.8 Å². The molecule has 2 rings (SSSR count). The van der Waals surface area contributed by atoms with Crippen molar-refractivity contribution in [2.24, 2.45) is 5.92 Å². The van der Waals surface area contributed by atoms with Crippen LogP contribution in [0.3, 0.4) is 0 Å².